The van der Waals surface area contributed by atoms with Crippen molar-refractivity contribution in [2.75, 3.05) is 26.3 Å². The number of halogens is 5. The molecule has 198 valence electrons. The van der Waals surface area contributed by atoms with Crippen LogP contribution < -0.4 is 10.3 Å². The SMILES string of the molecule is O=c1ncn(Cc2ccc(F)cc2F)c2ccc(Oc3ncc(CN4CCOCC4)cc3C(F)(F)F)cc12. The lowest BCUT2D eigenvalue weighted by Gasteiger charge is -2.26. The first-order valence-electron chi connectivity index (χ1n) is 11.6. The Labute approximate surface area is 213 Å². The molecular weight excluding hydrogens is 511 g/mol. The van der Waals surface area contributed by atoms with E-state index >= 15 is 0 Å². The summed E-state index contributed by atoms with van der Waals surface area (Å²) in [4.78, 5) is 22.1. The van der Waals surface area contributed by atoms with Gasteiger partial charge in [-0.05, 0) is 35.9 Å². The van der Waals surface area contributed by atoms with Crippen molar-refractivity contribution in [3.05, 3.63) is 93.7 Å². The smallest absolute Gasteiger partial charge is 0.421 e. The third-order valence-electron chi connectivity index (χ3n) is 6.12. The summed E-state index contributed by atoms with van der Waals surface area (Å²) in [5, 5.41) is 0.0463. The molecule has 0 spiro atoms. The number of aromatic nitrogens is 3. The van der Waals surface area contributed by atoms with Gasteiger partial charge in [0.2, 0.25) is 5.88 Å². The molecule has 0 amide bonds. The van der Waals surface area contributed by atoms with E-state index in [1.807, 2.05) is 4.90 Å². The molecule has 5 rings (SSSR count). The van der Waals surface area contributed by atoms with Crippen LogP contribution in [0.5, 0.6) is 11.6 Å². The Kier molecular flexibility index (Phi) is 7.09. The normalized spacial score (nSPS) is 14.7. The first-order valence-corrected chi connectivity index (χ1v) is 11.6. The van der Waals surface area contributed by atoms with Crippen molar-refractivity contribution in [3.8, 4) is 11.6 Å². The highest BCUT2D eigenvalue weighted by atomic mass is 19.4. The maximum Gasteiger partial charge on any atom is 0.421 e. The summed E-state index contributed by atoms with van der Waals surface area (Å²) in [5.41, 5.74) is -0.810. The van der Waals surface area contributed by atoms with Gasteiger partial charge in [0, 0.05) is 37.5 Å². The molecule has 0 radical (unpaired) electrons. The third kappa shape index (κ3) is 5.65. The van der Waals surface area contributed by atoms with Gasteiger partial charge in [-0.1, -0.05) is 6.07 Å². The summed E-state index contributed by atoms with van der Waals surface area (Å²) in [6, 6.07) is 8.23. The molecule has 1 aliphatic rings. The number of hydrogen-bond donors (Lipinski definition) is 0. The predicted molar refractivity (Wildman–Crippen MR) is 127 cm³/mol. The fraction of sp³-hybridized carbons (Fsp3) is 0.269. The molecule has 0 saturated carbocycles. The first-order chi connectivity index (χ1) is 18.2. The van der Waals surface area contributed by atoms with E-state index in [-0.39, 0.29) is 29.8 Å². The molecule has 7 nitrogen and oxygen atoms in total. The van der Waals surface area contributed by atoms with E-state index in [1.165, 1.54) is 41.4 Å². The Morgan fingerprint density at radius 2 is 1.76 bits per heavy atom. The van der Waals surface area contributed by atoms with Crippen LogP contribution in [0.2, 0.25) is 0 Å². The molecule has 0 unspecified atom stereocenters. The van der Waals surface area contributed by atoms with Crippen LogP contribution in [0.15, 0.2) is 59.8 Å². The predicted octanol–water partition coefficient (Wildman–Crippen LogP) is 4.76. The Bertz CT molecular complexity index is 1530. The van der Waals surface area contributed by atoms with Crippen LogP contribution in [0.4, 0.5) is 22.0 Å². The van der Waals surface area contributed by atoms with Crippen LogP contribution in [0.25, 0.3) is 10.9 Å². The second-order valence-electron chi connectivity index (χ2n) is 8.78. The van der Waals surface area contributed by atoms with Crippen molar-refractivity contribution in [3.63, 3.8) is 0 Å². The van der Waals surface area contributed by atoms with Crippen LogP contribution in [0, 0.1) is 11.6 Å². The highest BCUT2D eigenvalue weighted by Gasteiger charge is 2.36. The molecule has 4 aromatic rings. The summed E-state index contributed by atoms with van der Waals surface area (Å²) in [6.45, 7) is 2.47. The van der Waals surface area contributed by atoms with Gasteiger partial charge in [-0.3, -0.25) is 9.69 Å². The molecular formula is C26H21F5N4O3. The molecule has 2 aromatic heterocycles. The summed E-state index contributed by atoms with van der Waals surface area (Å²) in [7, 11) is 0. The molecule has 0 aliphatic carbocycles. The van der Waals surface area contributed by atoms with Crippen molar-refractivity contribution in [1.29, 1.82) is 0 Å². The fourth-order valence-electron chi connectivity index (χ4n) is 4.21. The average Bonchev–Trinajstić information content (AvgIpc) is 2.88. The quantitative estimate of drug-likeness (QED) is 0.334. The van der Waals surface area contributed by atoms with E-state index in [2.05, 4.69) is 9.97 Å². The van der Waals surface area contributed by atoms with Crippen molar-refractivity contribution in [1.82, 2.24) is 19.4 Å². The summed E-state index contributed by atoms with van der Waals surface area (Å²) in [6.07, 6.45) is -2.19. The average molecular weight is 532 g/mol. The van der Waals surface area contributed by atoms with Crippen molar-refractivity contribution >= 4 is 10.9 Å². The third-order valence-corrected chi connectivity index (χ3v) is 6.12. The van der Waals surface area contributed by atoms with Crippen molar-refractivity contribution < 1.29 is 31.4 Å². The molecule has 3 heterocycles. The molecule has 0 N–H and O–H groups in total. The van der Waals surface area contributed by atoms with Crippen LogP contribution in [-0.2, 0) is 24.0 Å². The number of rotatable bonds is 6. The summed E-state index contributed by atoms with van der Waals surface area (Å²) in [5.74, 6) is -2.20. The zero-order chi connectivity index (χ0) is 26.9. The minimum atomic E-state index is -4.73. The van der Waals surface area contributed by atoms with Gasteiger partial charge in [-0.2, -0.15) is 18.2 Å². The number of hydrogen-bond acceptors (Lipinski definition) is 6. The monoisotopic (exact) mass is 532 g/mol. The number of morpholine rings is 1. The van der Waals surface area contributed by atoms with Gasteiger partial charge >= 0.3 is 6.18 Å². The van der Waals surface area contributed by atoms with E-state index in [1.54, 1.807) is 0 Å². The molecule has 12 heteroatoms. The lowest BCUT2D eigenvalue weighted by molar-refractivity contribution is -0.139. The Hall–Kier alpha value is -3.90. The highest BCUT2D eigenvalue weighted by Crippen LogP contribution is 2.38. The number of pyridine rings is 1. The second-order valence-corrected chi connectivity index (χ2v) is 8.78. The standard InChI is InChI=1S/C26H21F5N4O3/c27-18-2-1-17(22(28)10-18)14-35-15-33-24(36)20-11-19(3-4-23(20)35)38-25-21(26(29,30)31)9-16(12-32-25)13-34-5-7-37-8-6-34/h1-4,9-12,15H,5-8,13-14H2. The van der Waals surface area contributed by atoms with Gasteiger partial charge in [0.15, 0.2) is 0 Å². The minimum Gasteiger partial charge on any atom is -0.438 e. The topological polar surface area (TPSA) is 69.5 Å². The molecule has 2 aromatic carbocycles. The number of benzene rings is 2. The van der Waals surface area contributed by atoms with Gasteiger partial charge in [0.1, 0.15) is 22.9 Å². The minimum absolute atomic E-state index is 0.0463. The molecule has 0 bridgehead atoms. The zero-order valence-corrected chi connectivity index (χ0v) is 19.8. The van der Waals surface area contributed by atoms with Crippen molar-refractivity contribution in [2.45, 2.75) is 19.3 Å². The maximum atomic E-state index is 14.2. The Morgan fingerprint density at radius 3 is 2.50 bits per heavy atom. The molecule has 38 heavy (non-hydrogen) atoms. The van der Waals surface area contributed by atoms with E-state index in [0.29, 0.717) is 37.4 Å². The molecule has 1 fully saturated rings. The zero-order valence-electron chi connectivity index (χ0n) is 19.8. The summed E-state index contributed by atoms with van der Waals surface area (Å²) < 4.78 is 81.3. The Balaban J connectivity index is 1.44. The Morgan fingerprint density at radius 1 is 0.974 bits per heavy atom. The van der Waals surface area contributed by atoms with Crippen LogP contribution >= 0.6 is 0 Å². The highest BCUT2D eigenvalue weighted by molar-refractivity contribution is 5.79. The van der Waals surface area contributed by atoms with Crippen LogP contribution in [0.1, 0.15) is 16.7 Å². The maximum absolute atomic E-state index is 14.2. The lowest BCUT2D eigenvalue weighted by Crippen LogP contribution is -2.35. The number of fused-ring (bicyclic) bond motifs is 1. The number of ether oxygens (including phenoxy) is 2. The van der Waals surface area contributed by atoms with Gasteiger partial charge < -0.3 is 14.0 Å². The second kappa shape index (κ2) is 10.5. The van der Waals surface area contributed by atoms with E-state index < -0.39 is 34.8 Å². The lowest BCUT2D eigenvalue weighted by atomic mass is 10.1. The molecule has 0 atom stereocenters. The largest absolute Gasteiger partial charge is 0.438 e. The van der Waals surface area contributed by atoms with Gasteiger partial charge in [0.25, 0.3) is 5.56 Å². The van der Waals surface area contributed by atoms with E-state index in [0.717, 1.165) is 18.2 Å². The molecule has 1 aliphatic heterocycles. The summed E-state index contributed by atoms with van der Waals surface area (Å²) >= 11 is 0. The van der Waals surface area contributed by atoms with Crippen LogP contribution in [-0.4, -0.2) is 45.7 Å². The number of alkyl halides is 3. The fourth-order valence-corrected chi connectivity index (χ4v) is 4.21. The molecule has 1 saturated heterocycles. The van der Waals surface area contributed by atoms with E-state index in [4.69, 9.17) is 9.47 Å². The van der Waals surface area contributed by atoms with Gasteiger partial charge in [-0.25, -0.2) is 13.8 Å². The van der Waals surface area contributed by atoms with Gasteiger partial charge in [-0.15, -0.1) is 0 Å². The van der Waals surface area contributed by atoms with Crippen LogP contribution in [0.3, 0.4) is 0 Å². The first kappa shape index (κ1) is 25.7. The number of nitrogens with zero attached hydrogens (tertiary/aromatic N) is 4. The van der Waals surface area contributed by atoms with Crippen molar-refractivity contribution in [2.24, 2.45) is 0 Å². The van der Waals surface area contributed by atoms with E-state index in [9.17, 15) is 26.7 Å². The van der Waals surface area contributed by atoms with Gasteiger partial charge in [0.05, 0.1) is 37.0 Å².